The SMILES string of the molecule is CC(C)(C)C1(CC2(c3ccccc3)NC=C(C(N)=O)O2)NC(=O)NC1=O. The molecule has 0 aliphatic carbocycles. The predicted octanol–water partition coefficient (Wildman–Crippen LogP) is 0.800. The van der Waals surface area contributed by atoms with Crippen LogP contribution in [0.4, 0.5) is 4.79 Å². The molecule has 138 valence electrons. The maximum absolute atomic E-state index is 12.7. The van der Waals surface area contributed by atoms with Gasteiger partial charge in [0, 0.05) is 18.2 Å². The molecule has 26 heavy (non-hydrogen) atoms. The third kappa shape index (κ3) is 2.67. The summed E-state index contributed by atoms with van der Waals surface area (Å²) in [6.07, 6.45) is 1.44. The summed E-state index contributed by atoms with van der Waals surface area (Å²) in [5, 5.41) is 8.13. The summed E-state index contributed by atoms with van der Waals surface area (Å²) in [6.45, 7) is 5.57. The van der Waals surface area contributed by atoms with E-state index in [4.69, 9.17) is 10.5 Å². The summed E-state index contributed by atoms with van der Waals surface area (Å²) in [5.74, 6) is -1.20. The standard InChI is InChI=1S/C18H22N4O4/c1-16(2,3)17(14(24)21-15(25)22-17)10-18(11-7-5-4-6-8-11)20-9-12(26-18)13(19)23/h4-9,20H,10H2,1-3H3,(H2,19,23)(H2,21,22,24,25). The molecule has 0 bridgehead atoms. The molecule has 1 fully saturated rings. The number of nitrogens with two attached hydrogens (primary N) is 1. The monoisotopic (exact) mass is 358 g/mol. The Balaban J connectivity index is 2.08. The van der Waals surface area contributed by atoms with E-state index < -0.39 is 34.5 Å². The van der Waals surface area contributed by atoms with Crippen LogP contribution in [0.3, 0.4) is 0 Å². The van der Waals surface area contributed by atoms with Gasteiger partial charge in [0.05, 0.1) is 0 Å². The smallest absolute Gasteiger partial charge is 0.322 e. The Labute approximate surface area is 151 Å². The fourth-order valence-corrected chi connectivity index (χ4v) is 3.37. The van der Waals surface area contributed by atoms with Gasteiger partial charge in [0.15, 0.2) is 0 Å². The first-order chi connectivity index (χ1) is 12.1. The molecule has 1 aromatic rings. The van der Waals surface area contributed by atoms with Crippen LogP contribution in [-0.4, -0.2) is 23.4 Å². The van der Waals surface area contributed by atoms with Crippen molar-refractivity contribution >= 4 is 17.8 Å². The van der Waals surface area contributed by atoms with Gasteiger partial charge in [-0.2, -0.15) is 0 Å². The quantitative estimate of drug-likeness (QED) is 0.593. The van der Waals surface area contributed by atoms with Crippen molar-refractivity contribution in [1.29, 1.82) is 0 Å². The minimum atomic E-state index is -1.26. The van der Waals surface area contributed by atoms with Crippen molar-refractivity contribution in [2.75, 3.05) is 0 Å². The number of hydrogen-bond acceptors (Lipinski definition) is 5. The van der Waals surface area contributed by atoms with Gasteiger partial charge in [-0.25, -0.2) is 4.79 Å². The van der Waals surface area contributed by atoms with Gasteiger partial charge in [-0.3, -0.25) is 14.9 Å². The van der Waals surface area contributed by atoms with Crippen molar-refractivity contribution in [3.63, 3.8) is 0 Å². The van der Waals surface area contributed by atoms with E-state index in [0.717, 1.165) is 0 Å². The Morgan fingerprint density at radius 3 is 2.31 bits per heavy atom. The molecule has 2 unspecified atom stereocenters. The van der Waals surface area contributed by atoms with Gasteiger partial charge in [0.2, 0.25) is 11.5 Å². The number of ether oxygens (including phenoxy) is 1. The molecule has 0 saturated carbocycles. The third-order valence-corrected chi connectivity index (χ3v) is 4.94. The van der Waals surface area contributed by atoms with Crippen LogP contribution >= 0.6 is 0 Å². The molecule has 0 spiro atoms. The Bertz CT molecular complexity index is 799. The lowest BCUT2D eigenvalue weighted by Crippen LogP contribution is -2.61. The Kier molecular flexibility index (Phi) is 3.94. The highest BCUT2D eigenvalue weighted by Crippen LogP contribution is 2.45. The summed E-state index contributed by atoms with van der Waals surface area (Å²) in [6, 6.07) is 8.56. The van der Waals surface area contributed by atoms with Crippen LogP contribution in [0, 0.1) is 5.41 Å². The largest absolute Gasteiger partial charge is 0.457 e. The average Bonchev–Trinajstić information content (AvgIpc) is 3.11. The molecule has 8 heteroatoms. The van der Waals surface area contributed by atoms with E-state index in [0.29, 0.717) is 5.56 Å². The van der Waals surface area contributed by atoms with E-state index in [9.17, 15) is 14.4 Å². The van der Waals surface area contributed by atoms with E-state index in [2.05, 4.69) is 16.0 Å². The lowest BCUT2D eigenvalue weighted by molar-refractivity contribution is -0.134. The molecule has 2 atom stereocenters. The lowest BCUT2D eigenvalue weighted by Gasteiger charge is -2.44. The molecule has 3 rings (SSSR count). The molecule has 1 saturated heterocycles. The first-order valence-corrected chi connectivity index (χ1v) is 8.25. The van der Waals surface area contributed by atoms with Crippen molar-refractivity contribution in [3.05, 3.63) is 47.9 Å². The summed E-state index contributed by atoms with van der Waals surface area (Å²) in [4.78, 5) is 36.2. The molecule has 2 heterocycles. The zero-order chi connectivity index (χ0) is 19.2. The molecular weight excluding hydrogens is 336 g/mol. The molecular formula is C18H22N4O4. The second-order valence-corrected chi connectivity index (χ2v) is 7.55. The van der Waals surface area contributed by atoms with Crippen LogP contribution in [0.1, 0.15) is 32.8 Å². The van der Waals surface area contributed by atoms with Crippen molar-refractivity contribution in [1.82, 2.24) is 16.0 Å². The van der Waals surface area contributed by atoms with Crippen molar-refractivity contribution in [3.8, 4) is 0 Å². The number of amides is 4. The van der Waals surface area contributed by atoms with Crippen molar-refractivity contribution in [2.45, 2.75) is 38.5 Å². The number of carbonyl (C=O) groups is 3. The van der Waals surface area contributed by atoms with Crippen LogP contribution in [-0.2, 0) is 20.1 Å². The minimum Gasteiger partial charge on any atom is -0.457 e. The fourth-order valence-electron chi connectivity index (χ4n) is 3.37. The summed E-state index contributed by atoms with van der Waals surface area (Å²) < 4.78 is 5.91. The second kappa shape index (κ2) is 5.76. The number of primary amides is 1. The first kappa shape index (κ1) is 17.8. The summed E-state index contributed by atoms with van der Waals surface area (Å²) >= 11 is 0. The highest BCUT2D eigenvalue weighted by atomic mass is 16.5. The van der Waals surface area contributed by atoms with Gasteiger partial charge in [0.1, 0.15) is 5.54 Å². The molecule has 8 nitrogen and oxygen atoms in total. The topological polar surface area (TPSA) is 123 Å². The molecule has 4 amide bonds. The molecule has 0 aromatic heterocycles. The number of nitrogens with one attached hydrogen (secondary N) is 3. The highest BCUT2D eigenvalue weighted by Gasteiger charge is 2.60. The third-order valence-electron chi connectivity index (χ3n) is 4.94. The molecule has 0 radical (unpaired) electrons. The number of carbonyl (C=O) groups excluding carboxylic acids is 3. The fraction of sp³-hybridized carbons (Fsp3) is 0.389. The number of imide groups is 1. The summed E-state index contributed by atoms with van der Waals surface area (Å²) in [7, 11) is 0. The van der Waals surface area contributed by atoms with Gasteiger partial charge in [-0.1, -0.05) is 51.1 Å². The first-order valence-electron chi connectivity index (χ1n) is 8.25. The number of benzene rings is 1. The van der Waals surface area contributed by atoms with Crippen LogP contribution < -0.4 is 21.7 Å². The van der Waals surface area contributed by atoms with Gasteiger partial charge in [-0.05, 0) is 5.41 Å². The predicted molar refractivity (Wildman–Crippen MR) is 93.1 cm³/mol. The second-order valence-electron chi connectivity index (χ2n) is 7.55. The zero-order valence-corrected chi connectivity index (χ0v) is 14.9. The number of urea groups is 1. The van der Waals surface area contributed by atoms with Gasteiger partial charge in [-0.15, -0.1) is 0 Å². The minimum absolute atomic E-state index is 0.0392. The highest BCUT2D eigenvalue weighted by molar-refractivity contribution is 6.07. The van der Waals surface area contributed by atoms with Gasteiger partial charge < -0.3 is 21.1 Å². The van der Waals surface area contributed by atoms with Crippen LogP contribution in [0.5, 0.6) is 0 Å². The van der Waals surface area contributed by atoms with Gasteiger partial charge in [0.25, 0.3) is 11.8 Å². The van der Waals surface area contributed by atoms with E-state index >= 15 is 0 Å². The van der Waals surface area contributed by atoms with Crippen molar-refractivity contribution < 1.29 is 19.1 Å². The summed E-state index contributed by atoms with van der Waals surface area (Å²) in [5.41, 5.74) is 2.93. The van der Waals surface area contributed by atoms with E-state index in [1.165, 1.54) is 6.20 Å². The van der Waals surface area contributed by atoms with E-state index in [1.807, 2.05) is 51.1 Å². The Morgan fingerprint density at radius 1 is 1.19 bits per heavy atom. The van der Waals surface area contributed by atoms with E-state index in [-0.39, 0.29) is 12.2 Å². The van der Waals surface area contributed by atoms with E-state index in [1.54, 1.807) is 0 Å². The van der Waals surface area contributed by atoms with Crippen LogP contribution in [0.2, 0.25) is 0 Å². The number of hydrogen-bond donors (Lipinski definition) is 4. The molecule has 2 aliphatic heterocycles. The molecule has 1 aromatic carbocycles. The normalized spacial score (nSPS) is 27.9. The Morgan fingerprint density at radius 2 is 1.85 bits per heavy atom. The lowest BCUT2D eigenvalue weighted by atomic mass is 9.68. The van der Waals surface area contributed by atoms with Crippen LogP contribution in [0.25, 0.3) is 0 Å². The Hall–Kier alpha value is -3.03. The van der Waals surface area contributed by atoms with Crippen LogP contribution in [0.15, 0.2) is 42.3 Å². The maximum Gasteiger partial charge on any atom is 0.322 e. The maximum atomic E-state index is 12.7. The van der Waals surface area contributed by atoms with Gasteiger partial charge >= 0.3 is 6.03 Å². The zero-order valence-electron chi connectivity index (χ0n) is 14.9. The number of rotatable bonds is 4. The average molecular weight is 358 g/mol. The van der Waals surface area contributed by atoms with Crippen molar-refractivity contribution in [2.24, 2.45) is 11.1 Å². The molecule has 5 N–H and O–H groups in total. The molecule has 2 aliphatic rings.